The van der Waals surface area contributed by atoms with E-state index in [2.05, 4.69) is 15.3 Å². The highest BCUT2D eigenvalue weighted by Crippen LogP contribution is 2.30. The van der Waals surface area contributed by atoms with E-state index in [1.165, 1.54) is 22.7 Å². The minimum atomic E-state index is -0.258. The van der Waals surface area contributed by atoms with Gasteiger partial charge in [0.15, 0.2) is 9.60 Å². The Morgan fingerprint density at radius 3 is 2.88 bits per heavy atom. The number of rotatable bonds is 3. The van der Waals surface area contributed by atoms with E-state index in [4.69, 9.17) is 11.6 Å². The third-order valence-electron chi connectivity index (χ3n) is 2.02. The van der Waals surface area contributed by atoms with Gasteiger partial charge in [0.25, 0.3) is 5.91 Å². The van der Waals surface area contributed by atoms with E-state index in [0.29, 0.717) is 15.3 Å². The molecule has 0 aliphatic carbocycles. The van der Waals surface area contributed by atoms with Gasteiger partial charge in [-0.05, 0) is 5.92 Å². The lowest BCUT2D eigenvalue weighted by Crippen LogP contribution is -2.14. The van der Waals surface area contributed by atoms with Crippen molar-refractivity contribution in [3.63, 3.8) is 0 Å². The maximum absolute atomic E-state index is 12.0. The van der Waals surface area contributed by atoms with Crippen LogP contribution < -0.4 is 5.32 Å². The molecule has 0 fully saturated rings. The molecule has 2 rings (SSSR count). The first-order valence-corrected chi connectivity index (χ1v) is 7.02. The molecule has 0 radical (unpaired) electrons. The molecule has 2 aromatic heterocycles. The Morgan fingerprint density at radius 1 is 1.53 bits per heavy atom. The van der Waals surface area contributed by atoms with Crippen molar-refractivity contribution >= 4 is 45.3 Å². The van der Waals surface area contributed by atoms with Crippen molar-refractivity contribution < 1.29 is 4.79 Å². The number of aromatic nitrogens is 2. The fourth-order valence-corrected chi connectivity index (χ4v) is 2.95. The number of anilines is 1. The summed E-state index contributed by atoms with van der Waals surface area (Å²) in [6, 6.07) is 0. The van der Waals surface area contributed by atoms with Crippen LogP contribution in [0.25, 0.3) is 0 Å². The van der Waals surface area contributed by atoms with Gasteiger partial charge in [0.1, 0.15) is 5.69 Å². The largest absolute Gasteiger partial charge is 0.296 e. The lowest BCUT2D eigenvalue weighted by atomic mass is 10.1. The molecule has 1 amide bonds. The third-order valence-corrected chi connectivity index (χ3v) is 4.17. The van der Waals surface area contributed by atoms with Crippen molar-refractivity contribution in [2.45, 2.75) is 19.8 Å². The highest BCUT2D eigenvalue weighted by molar-refractivity contribution is 7.16. The summed E-state index contributed by atoms with van der Waals surface area (Å²) in [5.74, 6) is -0.0381. The fourth-order valence-electron chi connectivity index (χ4n) is 1.30. The van der Waals surface area contributed by atoms with E-state index >= 15 is 0 Å². The number of carbonyl (C=O) groups is 1. The van der Waals surface area contributed by atoms with Crippen LogP contribution in [-0.4, -0.2) is 15.9 Å². The Labute approximate surface area is 112 Å². The summed E-state index contributed by atoms with van der Waals surface area (Å²) in [4.78, 5) is 20.9. The van der Waals surface area contributed by atoms with Crippen LogP contribution in [0, 0.1) is 0 Å². The maximum Gasteiger partial charge on any atom is 0.277 e. The standard InChI is InChI=1S/C10H10ClN3OS2/c1-5(2)7-6(13-9(11)17-7)8(15)14-10-12-3-4-16-10/h3-5H,1-2H3,(H,12,14,15). The lowest BCUT2D eigenvalue weighted by molar-refractivity contribution is 0.102. The van der Waals surface area contributed by atoms with Crippen LogP contribution in [-0.2, 0) is 0 Å². The van der Waals surface area contributed by atoms with Crippen LogP contribution in [0.1, 0.15) is 35.1 Å². The molecule has 0 saturated heterocycles. The summed E-state index contributed by atoms with van der Waals surface area (Å²) in [6.07, 6.45) is 1.64. The average molecular weight is 288 g/mol. The second kappa shape index (κ2) is 5.12. The molecule has 0 aliphatic rings. The number of thiazole rings is 2. The monoisotopic (exact) mass is 287 g/mol. The topological polar surface area (TPSA) is 54.9 Å². The Kier molecular flexibility index (Phi) is 3.76. The second-order valence-electron chi connectivity index (χ2n) is 3.63. The quantitative estimate of drug-likeness (QED) is 0.938. The van der Waals surface area contributed by atoms with Crippen molar-refractivity contribution in [2.75, 3.05) is 5.32 Å². The molecule has 0 bridgehead atoms. The number of halogens is 1. The van der Waals surface area contributed by atoms with Gasteiger partial charge in [-0.3, -0.25) is 10.1 Å². The SMILES string of the molecule is CC(C)c1sc(Cl)nc1C(=O)Nc1nccs1. The maximum atomic E-state index is 12.0. The van der Waals surface area contributed by atoms with E-state index in [0.717, 1.165) is 4.88 Å². The van der Waals surface area contributed by atoms with E-state index < -0.39 is 0 Å². The number of nitrogens with one attached hydrogen (secondary N) is 1. The summed E-state index contributed by atoms with van der Waals surface area (Å²) in [5.41, 5.74) is 0.394. The number of amides is 1. The van der Waals surface area contributed by atoms with Gasteiger partial charge < -0.3 is 0 Å². The Morgan fingerprint density at radius 2 is 2.29 bits per heavy atom. The molecular formula is C10H10ClN3OS2. The molecule has 7 heteroatoms. The number of carbonyl (C=O) groups excluding carboxylic acids is 1. The molecule has 1 N–H and O–H groups in total. The Bertz CT molecular complexity index is 522. The molecule has 0 atom stereocenters. The van der Waals surface area contributed by atoms with Crippen LogP contribution >= 0.6 is 34.3 Å². The van der Waals surface area contributed by atoms with Crippen molar-refractivity contribution in [3.05, 3.63) is 26.6 Å². The second-order valence-corrected chi connectivity index (χ2v) is 6.13. The van der Waals surface area contributed by atoms with E-state index in [1.807, 2.05) is 13.8 Å². The normalized spacial score (nSPS) is 10.8. The highest BCUT2D eigenvalue weighted by atomic mass is 35.5. The number of nitrogens with zero attached hydrogens (tertiary/aromatic N) is 2. The minimum absolute atomic E-state index is 0.219. The molecule has 0 unspecified atom stereocenters. The molecular weight excluding hydrogens is 278 g/mol. The molecule has 4 nitrogen and oxygen atoms in total. The Balaban J connectivity index is 2.24. The van der Waals surface area contributed by atoms with Gasteiger partial charge in [-0.2, -0.15) is 0 Å². The first-order chi connectivity index (χ1) is 8.08. The zero-order valence-corrected chi connectivity index (χ0v) is 11.6. The van der Waals surface area contributed by atoms with Crippen molar-refractivity contribution in [1.82, 2.24) is 9.97 Å². The molecule has 0 aliphatic heterocycles. The van der Waals surface area contributed by atoms with Gasteiger partial charge in [-0.15, -0.1) is 22.7 Å². The molecule has 2 heterocycles. The summed E-state index contributed by atoms with van der Waals surface area (Å²) < 4.78 is 0.387. The smallest absolute Gasteiger partial charge is 0.277 e. The Hall–Kier alpha value is -0.980. The fraction of sp³-hybridized carbons (Fsp3) is 0.300. The molecule has 0 aromatic carbocycles. The number of hydrogen-bond donors (Lipinski definition) is 1. The predicted molar refractivity (Wildman–Crippen MR) is 71.3 cm³/mol. The van der Waals surface area contributed by atoms with Crippen LogP contribution in [0.4, 0.5) is 5.13 Å². The van der Waals surface area contributed by atoms with E-state index in [9.17, 15) is 4.79 Å². The summed E-state index contributed by atoms with van der Waals surface area (Å²) in [7, 11) is 0. The summed E-state index contributed by atoms with van der Waals surface area (Å²) in [5, 5.41) is 5.06. The van der Waals surface area contributed by atoms with E-state index in [-0.39, 0.29) is 11.8 Å². The third kappa shape index (κ3) is 2.83. The average Bonchev–Trinajstić information content (AvgIpc) is 2.86. The molecule has 0 saturated carbocycles. The molecule has 2 aromatic rings. The van der Waals surface area contributed by atoms with Crippen molar-refractivity contribution in [1.29, 1.82) is 0 Å². The van der Waals surface area contributed by atoms with Gasteiger partial charge >= 0.3 is 0 Å². The summed E-state index contributed by atoms with van der Waals surface area (Å²) >= 11 is 8.56. The van der Waals surface area contributed by atoms with Crippen molar-refractivity contribution in [3.8, 4) is 0 Å². The number of hydrogen-bond acceptors (Lipinski definition) is 5. The highest BCUT2D eigenvalue weighted by Gasteiger charge is 2.20. The van der Waals surface area contributed by atoms with E-state index in [1.54, 1.807) is 11.6 Å². The van der Waals surface area contributed by atoms with Crippen molar-refractivity contribution in [2.24, 2.45) is 0 Å². The minimum Gasteiger partial charge on any atom is -0.296 e. The van der Waals surface area contributed by atoms with Gasteiger partial charge in [-0.1, -0.05) is 25.4 Å². The van der Waals surface area contributed by atoms with Gasteiger partial charge in [0, 0.05) is 16.5 Å². The molecule has 90 valence electrons. The van der Waals surface area contributed by atoms with Crippen LogP contribution in [0.5, 0.6) is 0 Å². The predicted octanol–water partition coefficient (Wildman–Crippen LogP) is 3.63. The van der Waals surface area contributed by atoms with Gasteiger partial charge in [-0.25, -0.2) is 9.97 Å². The van der Waals surface area contributed by atoms with Crippen LogP contribution in [0.15, 0.2) is 11.6 Å². The zero-order valence-electron chi connectivity index (χ0n) is 9.23. The van der Waals surface area contributed by atoms with Crippen LogP contribution in [0.3, 0.4) is 0 Å². The van der Waals surface area contributed by atoms with Crippen LogP contribution in [0.2, 0.25) is 4.47 Å². The first kappa shape index (κ1) is 12.5. The van der Waals surface area contributed by atoms with Gasteiger partial charge in [0.2, 0.25) is 0 Å². The first-order valence-electron chi connectivity index (χ1n) is 4.95. The molecule has 0 spiro atoms. The zero-order chi connectivity index (χ0) is 12.4. The summed E-state index contributed by atoms with van der Waals surface area (Å²) in [6.45, 7) is 4.01. The molecule has 17 heavy (non-hydrogen) atoms. The lowest BCUT2D eigenvalue weighted by Gasteiger charge is -2.04. The van der Waals surface area contributed by atoms with Gasteiger partial charge in [0.05, 0.1) is 0 Å².